The SMILES string of the molecule is CC(C)(C)OC(=O)Oc1cc(C(=O)O)ccc1N(C(=O)OC(C)(C)C)C(=O)OC(C)(C)C. The van der Waals surface area contributed by atoms with Crippen LogP contribution in [0.2, 0.25) is 0 Å². The van der Waals surface area contributed by atoms with Crippen molar-refractivity contribution in [3.63, 3.8) is 0 Å². The lowest BCUT2D eigenvalue weighted by atomic mass is 10.1. The lowest BCUT2D eigenvalue weighted by molar-refractivity contribution is 0.0199. The van der Waals surface area contributed by atoms with E-state index in [0.717, 1.165) is 18.2 Å². The van der Waals surface area contributed by atoms with Gasteiger partial charge in [-0.2, -0.15) is 4.90 Å². The topological polar surface area (TPSA) is 129 Å². The number of carbonyl (C=O) groups is 4. The van der Waals surface area contributed by atoms with Crippen LogP contribution in [0, 0.1) is 0 Å². The van der Waals surface area contributed by atoms with Gasteiger partial charge in [0, 0.05) is 0 Å². The molecule has 0 aliphatic carbocycles. The molecule has 0 aromatic heterocycles. The molecular formula is C22H31NO9. The fourth-order valence-electron chi connectivity index (χ4n) is 2.16. The molecule has 0 aliphatic heterocycles. The minimum absolute atomic E-state index is 0.249. The number of carboxylic acids is 1. The normalized spacial score (nSPS) is 11.9. The number of nitrogens with zero attached hydrogens (tertiary/aromatic N) is 1. The minimum atomic E-state index is -1.31. The summed E-state index contributed by atoms with van der Waals surface area (Å²) in [7, 11) is 0. The van der Waals surface area contributed by atoms with Crippen molar-refractivity contribution in [1.82, 2.24) is 0 Å². The predicted molar refractivity (Wildman–Crippen MR) is 115 cm³/mol. The Balaban J connectivity index is 3.57. The highest BCUT2D eigenvalue weighted by Crippen LogP contribution is 2.33. The van der Waals surface area contributed by atoms with Gasteiger partial charge in [0.15, 0.2) is 5.75 Å². The quantitative estimate of drug-likeness (QED) is 0.364. The third kappa shape index (κ3) is 8.83. The van der Waals surface area contributed by atoms with Crippen LogP contribution in [0.15, 0.2) is 18.2 Å². The molecule has 0 atom stereocenters. The molecule has 1 aromatic rings. The maximum absolute atomic E-state index is 12.9. The Morgan fingerprint density at radius 2 is 1.19 bits per heavy atom. The van der Waals surface area contributed by atoms with Crippen molar-refractivity contribution in [2.24, 2.45) is 0 Å². The summed E-state index contributed by atoms with van der Waals surface area (Å²) in [4.78, 5) is 50.0. The molecule has 10 heteroatoms. The van der Waals surface area contributed by atoms with Gasteiger partial charge in [-0.25, -0.2) is 19.2 Å². The predicted octanol–water partition coefficient (Wildman–Crippen LogP) is 5.38. The number of hydrogen-bond acceptors (Lipinski definition) is 8. The van der Waals surface area contributed by atoms with Crippen LogP contribution in [0.1, 0.15) is 72.7 Å². The molecule has 0 saturated heterocycles. The summed E-state index contributed by atoms with van der Waals surface area (Å²) in [6, 6.07) is 3.27. The molecule has 178 valence electrons. The molecule has 0 bridgehead atoms. The summed E-state index contributed by atoms with van der Waals surface area (Å²) >= 11 is 0. The summed E-state index contributed by atoms with van der Waals surface area (Å²) in [5.74, 6) is -1.72. The van der Waals surface area contributed by atoms with Gasteiger partial charge in [-0.1, -0.05) is 0 Å². The van der Waals surface area contributed by atoms with E-state index in [2.05, 4.69) is 0 Å². The van der Waals surface area contributed by atoms with Crippen molar-refractivity contribution in [2.45, 2.75) is 79.1 Å². The van der Waals surface area contributed by atoms with Gasteiger partial charge in [-0.15, -0.1) is 0 Å². The second-order valence-corrected chi connectivity index (χ2v) is 9.85. The van der Waals surface area contributed by atoms with Gasteiger partial charge in [-0.3, -0.25) is 0 Å². The number of amides is 2. The van der Waals surface area contributed by atoms with E-state index >= 15 is 0 Å². The average molecular weight is 453 g/mol. The summed E-state index contributed by atoms with van der Waals surface area (Å²) in [6.07, 6.45) is -3.37. The zero-order chi connectivity index (χ0) is 25.1. The Hall–Kier alpha value is -3.30. The molecule has 0 radical (unpaired) electrons. The molecule has 1 N–H and O–H groups in total. The Morgan fingerprint density at radius 1 is 0.750 bits per heavy atom. The fraction of sp³-hybridized carbons (Fsp3) is 0.545. The fourth-order valence-corrected chi connectivity index (χ4v) is 2.16. The average Bonchev–Trinajstić information content (AvgIpc) is 2.50. The third-order valence-electron chi connectivity index (χ3n) is 3.18. The van der Waals surface area contributed by atoms with Crippen LogP contribution in [-0.2, 0) is 14.2 Å². The molecule has 0 heterocycles. The van der Waals surface area contributed by atoms with Crippen LogP contribution in [-0.4, -0.2) is 46.2 Å². The van der Waals surface area contributed by atoms with E-state index in [-0.39, 0.29) is 11.3 Å². The maximum Gasteiger partial charge on any atom is 0.514 e. The molecule has 10 nitrogen and oxygen atoms in total. The number of anilines is 1. The molecule has 32 heavy (non-hydrogen) atoms. The highest BCUT2D eigenvalue weighted by atomic mass is 16.7. The number of imide groups is 1. The molecule has 0 aliphatic rings. The first-order chi connectivity index (χ1) is 14.3. The van der Waals surface area contributed by atoms with E-state index in [1.807, 2.05) is 0 Å². The first-order valence-corrected chi connectivity index (χ1v) is 9.83. The third-order valence-corrected chi connectivity index (χ3v) is 3.18. The van der Waals surface area contributed by atoms with Gasteiger partial charge in [0.1, 0.15) is 22.5 Å². The van der Waals surface area contributed by atoms with E-state index in [9.17, 15) is 24.3 Å². The van der Waals surface area contributed by atoms with Crippen molar-refractivity contribution in [2.75, 3.05) is 4.90 Å². The maximum atomic E-state index is 12.9. The highest BCUT2D eigenvalue weighted by Gasteiger charge is 2.35. The Kier molecular flexibility index (Phi) is 7.90. The van der Waals surface area contributed by atoms with Crippen molar-refractivity contribution in [1.29, 1.82) is 0 Å². The second kappa shape index (κ2) is 9.46. The molecule has 2 amide bonds. The Labute approximate surface area is 187 Å². The highest BCUT2D eigenvalue weighted by molar-refractivity contribution is 6.11. The summed E-state index contributed by atoms with van der Waals surface area (Å²) in [5.41, 5.74) is -3.35. The molecule has 1 rings (SSSR count). The van der Waals surface area contributed by atoms with Crippen LogP contribution in [0.25, 0.3) is 0 Å². The molecule has 1 aromatic carbocycles. The first-order valence-electron chi connectivity index (χ1n) is 9.83. The second-order valence-electron chi connectivity index (χ2n) is 9.85. The van der Waals surface area contributed by atoms with Gasteiger partial charge in [-0.05, 0) is 80.5 Å². The van der Waals surface area contributed by atoms with Crippen molar-refractivity contribution < 1.29 is 43.2 Å². The minimum Gasteiger partial charge on any atom is -0.478 e. The van der Waals surface area contributed by atoms with Crippen LogP contribution in [0.5, 0.6) is 5.75 Å². The molecule has 0 saturated carbocycles. The Bertz CT molecular complexity index is 858. The molecule has 0 fully saturated rings. The van der Waals surface area contributed by atoms with Gasteiger partial charge < -0.3 is 24.1 Å². The van der Waals surface area contributed by atoms with Crippen molar-refractivity contribution in [3.05, 3.63) is 23.8 Å². The lowest BCUT2D eigenvalue weighted by Crippen LogP contribution is -2.44. The molecule has 0 unspecified atom stereocenters. The zero-order valence-corrected chi connectivity index (χ0v) is 19.9. The van der Waals surface area contributed by atoms with Gasteiger partial charge >= 0.3 is 24.3 Å². The number of benzene rings is 1. The number of carboxylic acid groups (broad SMARTS) is 1. The van der Waals surface area contributed by atoms with Gasteiger partial charge in [0.25, 0.3) is 0 Å². The standard InChI is InChI=1S/C22H31NO9/c1-20(2,3)30-17(26)23(18(27)31-21(4,5)6)14-11-10-13(16(24)25)12-15(14)29-19(28)32-22(7,8)9/h10-12H,1-9H3,(H,24,25). The number of aromatic carboxylic acids is 1. The van der Waals surface area contributed by atoms with Crippen molar-refractivity contribution >= 4 is 30.0 Å². The summed E-state index contributed by atoms with van der Waals surface area (Å²) in [5, 5.41) is 9.31. The Morgan fingerprint density at radius 3 is 1.56 bits per heavy atom. The van der Waals surface area contributed by atoms with Crippen LogP contribution in [0.3, 0.4) is 0 Å². The van der Waals surface area contributed by atoms with Crippen molar-refractivity contribution in [3.8, 4) is 5.75 Å². The van der Waals surface area contributed by atoms with Gasteiger partial charge in [0.2, 0.25) is 0 Å². The van der Waals surface area contributed by atoms with E-state index in [4.69, 9.17) is 18.9 Å². The number of hydrogen-bond donors (Lipinski definition) is 1. The monoisotopic (exact) mass is 453 g/mol. The van der Waals surface area contributed by atoms with E-state index in [1.165, 1.54) is 0 Å². The number of ether oxygens (including phenoxy) is 4. The first kappa shape index (κ1) is 26.7. The van der Waals surface area contributed by atoms with Crippen LogP contribution >= 0.6 is 0 Å². The molecular weight excluding hydrogens is 422 g/mol. The van der Waals surface area contributed by atoms with E-state index < -0.39 is 46.9 Å². The van der Waals surface area contributed by atoms with E-state index in [1.54, 1.807) is 62.3 Å². The van der Waals surface area contributed by atoms with E-state index in [0.29, 0.717) is 4.90 Å². The summed E-state index contributed by atoms with van der Waals surface area (Å²) in [6.45, 7) is 14.4. The zero-order valence-electron chi connectivity index (χ0n) is 19.9. The smallest absolute Gasteiger partial charge is 0.478 e. The van der Waals surface area contributed by atoms with Gasteiger partial charge in [0.05, 0.1) is 5.56 Å². The van der Waals surface area contributed by atoms with Crippen LogP contribution in [0.4, 0.5) is 20.1 Å². The number of rotatable bonds is 3. The summed E-state index contributed by atoms with van der Waals surface area (Å²) < 4.78 is 20.9. The number of carbonyl (C=O) groups excluding carboxylic acids is 3. The largest absolute Gasteiger partial charge is 0.514 e. The molecule has 0 spiro atoms. The lowest BCUT2D eigenvalue weighted by Gasteiger charge is -2.29. The van der Waals surface area contributed by atoms with Crippen LogP contribution < -0.4 is 9.64 Å².